The standard InChI is InChI=1S/C9H16O4/c1-3-5-6-8(9(10)11)13-12-7-4-2/h4,8H,2-3,5-7H2,1H3,(H,10,11). The number of hydrogen-bond donors (Lipinski definition) is 1. The second-order valence-corrected chi connectivity index (χ2v) is 2.64. The van der Waals surface area contributed by atoms with Crippen LogP contribution in [0.1, 0.15) is 26.2 Å². The van der Waals surface area contributed by atoms with Gasteiger partial charge in [-0.2, -0.15) is 0 Å². The molecule has 0 spiro atoms. The molecule has 4 nitrogen and oxygen atoms in total. The van der Waals surface area contributed by atoms with Crippen LogP contribution in [-0.4, -0.2) is 23.8 Å². The summed E-state index contributed by atoms with van der Waals surface area (Å²) in [5.41, 5.74) is 0. The number of hydrogen-bond acceptors (Lipinski definition) is 3. The first kappa shape index (κ1) is 12.1. The summed E-state index contributed by atoms with van der Waals surface area (Å²) in [6, 6.07) is 0. The molecule has 76 valence electrons. The SMILES string of the molecule is C=CCOOC(CCCC)C(=O)O. The molecule has 0 heterocycles. The van der Waals surface area contributed by atoms with Crippen molar-refractivity contribution in [3.8, 4) is 0 Å². The van der Waals surface area contributed by atoms with Crippen LogP contribution < -0.4 is 0 Å². The topological polar surface area (TPSA) is 55.8 Å². The molecule has 0 aromatic heterocycles. The first-order valence-electron chi connectivity index (χ1n) is 4.34. The molecule has 0 rings (SSSR count). The maximum absolute atomic E-state index is 10.6. The lowest BCUT2D eigenvalue weighted by Crippen LogP contribution is -2.24. The highest BCUT2D eigenvalue weighted by Crippen LogP contribution is 2.05. The zero-order valence-corrected chi connectivity index (χ0v) is 7.86. The number of carbonyl (C=O) groups is 1. The zero-order chi connectivity index (χ0) is 10.1. The van der Waals surface area contributed by atoms with E-state index in [1.165, 1.54) is 6.08 Å². The molecule has 13 heavy (non-hydrogen) atoms. The van der Waals surface area contributed by atoms with Crippen molar-refractivity contribution in [3.05, 3.63) is 12.7 Å². The van der Waals surface area contributed by atoms with Crippen LogP contribution in [0.2, 0.25) is 0 Å². The van der Waals surface area contributed by atoms with Gasteiger partial charge in [0, 0.05) is 0 Å². The Morgan fingerprint density at radius 1 is 1.69 bits per heavy atom. The van der Waals surface area contributed by atoms with E-state index in [-0.39, 0.29) is 6.61 Å². The first-order chi connectivity index (χ1) is 6.22. The molecule has 0 bridgehead atoms. The number of unbranched alkanes of at least 4 members (excludes halogenated alkanes) is 1. The third-order valence-corrected chi connectivity index (χ3v) is 1.47. The number of carboxylic acids is 1. The summed E-state index contributed by atoms with van der Waals surface area (Å²) in [6.07, 6.45) is 2.87. The fraction of sp³-hybridized carbons (Fsp3) is 0.667. The number of carboxylic acid groups (broad SMARTS) is 1. The smallest absolute Gasteiger partial charge is 0.336 e. The number of aliphatic carboxylic acids is 1. The van der Waals surface area contributed by atoms with Crippen molar-refractivity contribution in [2.24, 2.45) is 0 Å². The highest BCUT2D eigenvalue weighted by molar-refractivity contribution is 5.72. The highest BCUT2D eigenvalue weighted by atomic mass is 17.2. The Labute approximate surface area is 78.1 Å². The lowest BCUT2D eigenvalue weighted by Gasteiger charge is -2.10. The van der Waals surface area contributed by atoms with Crippen molar-refractivity contribution in [2.45, 2.75) is 32.3 Å². The van der Waals surface area contributed by atoms with Crippen molar-refractivity contribution in [1.82, 2.24) is 0 Å². The van der Waals surface area contributed by atoms with Gasteiger partial charge < -0.3 is 5.11 Å². The molecule has 0 aliphatic heterocycles. The zero-order valence-electron chi connectivity index (χ0n) is 7.86. The molecular weight excluding hydrogens is 172 g/mol. The first-order valence-corrected chi connectivity index (χ1v) is 4.34. The predicted octanol–water partition coefficient (Wildman–Crippen LogP) is 1.76. The fourth-order valence-electron chi connectivity index (χ4n) is 0.772. The Morgan fingerprint density at radius 3 is 2.85 bits per heavy atom. The third-order valence-electron chi connectivity index (χ3n) is 1.47. The summed E-state index contributed by atoms with van der Waals surface area (Å²) in [5, 5.41) is 8.67. The van der Waals surface area contributed by atoms with E-state index in [0.717, 1.165) is 12.8 Å². The molecule has 0 radical (unpaired) electrons. The van der Waals surface area contributed by atoms with E-state index in [2.05, 4.69) is 16.4 Å². The molecule has 0 amide bonds. The normalized spacial score (nSPS) is 12.4. The molecule has 1 unspecified atom stereocenters. The average Bonchev–Trinajstić information content (AvgIpc) is 2.10. The predicted molar refractivity (Wildman–Crippen MR) is 48.2 cm³/mol. The Kier molecular flexibility index (Phi) is 7.24. The van der Waals surface area contributed by atoms with Gasteiger partial charge in [0.15, 0.2) is 6.10 Å². The second-order valence-electron chi connectivity index (χ2n) is 2.64. The molecule has 4 heteroatoms. The Balaban J connectivity index is 3.66. The van der Waals surface area contributed by atoms with E-state index in [9.17, 15) is 4.79 Å². The van der Waals surface area contributed by atoms with Gasteiger partial charge in [0.05, 0.1) is 0 Å². The second kappa shape index (κ2) is 7.76. The highest BCUT2D eigenvalue weighted by Gasteiger charge is 2.18. The van der Waals surface area contributed by atoms with Crippen molar-refractivity contribution in [2.75, 3.05) is 6.61 Å². The minimum absolute atomic E-state index is 0.204. The van der Waals surface area contributed by atoms with Crippen molar-refractivity contribution in [3.63, 3.8) is 0 Å². The van der Waals surface area contributed by atoms with Crippen molar-refractivity contribution in [1.29, 1.82) is 0 Å². The molecule has 0 aliphatic rings. The monoisotopic (exact) mass is 188 g/mol. The maximum Gasteiger partial charge on any atom is 0.336 e. The van der Waals surface area contributed by atoms with Gasteiger partial charge in [-0.25, -0.2) is 14.6 Å². The van der Waals surface area contributed by atoms with E-state index < -0.39 is 12.1 Å². The lowest BCUT2D eigenvalue weighted by atomic mass is 10.2. The van der Waals surface area contributed by atoms with Crippen LogP contribution in [0.5, 0.6) is 0 Å². The minimum Gasteiger partial charge on any atom is -0.479 e. The van der Waals surface area contributed by atoms with E-state index in [4.69, 9.17) is 5.11 Å². The summed E-state index contributed by atoms with van der Waals surface area (Å²) in [7, 11) is 0. The molecule has 1 N–H and O–H groups in total. The van der Waals surface area contributed by atoms with Gasteiger partial charge in [-0.05, 0) is 6.42 Å². The molecule has 0 aromatic rings. The van der Waals surface area contributed by atoms with Gasteiger partial charge in [-0.1, -0.05) is 25.8 Å². The molecule has 1 atom stereocenters. The average molecular weight is 188 g/mol. The lowest BCUT2D eigenvalue weighted by molar-refractivity contribution is -0.313. The molecule has 0 aliphatic carbocycles. The largest absolute Gasteiger partial charge is 0.479 e. The van der Waals surface area contributed by atoms with Crippen LogP contribution >= 0.6 is 0 Å². The van der Waals surface area contributed by atoms with Crippen LogP contribution in [0, 0.1) is 0 Å². The maximum atomic E-state index is 10.6. The molecule has 0 aromatic carbocycles. The molecule has 0 saturated carbocycles. The quantitative estimate of drug-likeness (QED) is 0.273. The van der Waals surface area contributed by atoms with Crippen LogP contribution in [0.25, 0.3) is 0 Å². The van der Waals surface area contributed by atoms with E-state index in [1.807, 2.05) is 6.92 Å². The van der Waals surface area contributed by atoms with Gasteiger partial charge in [0.25, 0.3) is 0 Å². The van der Waals surface area contributed by atoms with Gasteiger partial charge >= 0.3 is 5.97 Å². The summed E-state index contributed by atoms with van der Waals surface area (Å²) in [6.45, 7) is 5.61. The molecule has 0 saturated heterocycles. The fourth-order valence-corrected chi connectivity index (χ4v) is 0.772. The number of rotatable bonds is 8. The summed E-state index contributed by atoms with van der Waals surface area (Å²) < 4.78 is 0. The Hall–Kier alpha value is -0.870. The van der Waals surface area contributed by atoms with Gasteiger partial charge in [0.1, 0.15) is 6.61 Å². The summed E-state index contributed by atoms with van der Waals surface area (Å²) in [4.78, 5) is 19.8. The Morgan fingerprint density at radius 2 is 2.38 bits per heavy atom. The minimum atomic E-state index is -0.988. The van der Waals surface area contributed by atoms with Crippen molar-refractivity contribution < 1.29 is 19.7 Å². The van der Waals surface area contributed by atoms with E-state index >= 15 is 0 Å². The third kappa shape index (κ3) is 6.31. The van der Waals surface area contributed by atoms with Crippen LogP contribution in [0.4, 0.5) is 0 Å². The van der Waals surface area contributed by atoms with Gasteiger partial charge in [0.2, 0.25) is 0 Å². The van der Waals surface area contributed by atoms with Crippen molar-refractivity contribution >= 4 is 5.97 Å². The van der Waals surface area contributed by atoms with Gasteiger partial charge in [-0.3, -0.25) is 0 Å². The van der Waals surface area contributed by atoms with E-state index in [1.54, 1.807) is 0 Å². The van der Waals surface area contributed by atoms with Crippen LogP contribution in [0.15, 0.2) is 12.7 Å². The van der Waals surface area contributed by atoms with Crippen LogP contribution in [0.3, 0.4) is 0 Å². The molecular formula is C9H16O4. The Bertz CT molecular complexity index is 156. The van der Waals surface area contributed by atoms with Gasteiger partial charge in [-0.15, -0.1) is 6.58 Å². The summed E-state index contributed by atoms with van der Waals surface area (Å²) >= 11 is 0. The summed E-state index contributed by atoms with van der Waals surface area (Å²) in [5.74, 6) is -0.988. The van der Waals surface area contributed by atoms with Crippen LogP contribution in [-0.2, 0) is 14.6 Å². The molecule has 0 fully saturated rings. The van der Waals surface area contributed by atoms with E-state index in [0.29, 0.717) is 6.42 Å².